The molecule has 0 aliphatic rings. The van der Waals surface area contributed by atoms with Gasteiger partial charge in [-0.05, 0) is 11.4 Å². The quantitative estimate of drug-likeness (QED) is 0.832. The Bertz CT molecular complexity index is 507. The Hall–Kier alpha value is -1.66. The number of hydrogen-bond donors (Lipinski definition) is 1. The molecule has 0 aliphatic heterocycles. The van der Waals surface area contributed by atoms with Gasteiger partial charge in [-0.2, -0.15) is 5.10 Å². The van der Waals surface area contributed by atoms with E-state index < -0.39 is 6.04 Å². The molecule has 2 heterocycles. The molecule has 0 saturated heterocycles. The van der Waals surface area contributed by atoms with Gasteiger partial charge in [0.05, 0.1) is 13.3 Å². The molecule has 0 amide bonds. The van der Waals surface area contributed by atoms with Crippen LogP contribution in [0.5, 0.6) is 0 Å². The number of esters is 1. The summed E-state index contributed by atoms with van der Waals surface area (Å²) in [6.45, 7) is 0.631. The zero-order valence-corrected chi connectivity index (χ0v) is 11.1. The first kappa shape index (κ1) is 12.8. The summed E-state index contributed by atoms with van der Waals surface area (Å²) in [6.07, 6.45) is 3.48. The molecule has 6 heteroatoms. The van der Waals surface area contributed by atoms with E-state index in [1.165, 1.54) is 12.0 Å². The number of ether oxygens (including phenoxy) is 1. The summed E-state index contributed by atoms with van der Waals surface area (Å²) in [5.74, 6) is -0.306. The van der Waals surface area contributed by atoms with Gasteiger partial charge in [0.15, 0.2) is 0 Å². The monoisotopic (exact) mass is 265 g/mol. The molecule has 96 valence electrons. The van der Waals surface area contributed by atoms with Crippen LogP contribution in [0.4, 0.5) is 0 Å². The second-order valence-electron chi connectivity index (χ2n) is 3.86. The van der Waals surface area contributed by atoms with E-state index >= 15 is 0 Å². The van der Waals surface area contributed by atoms with Gasteiger partial charge >= 0.3 is 5.97 Å². The Kier molecular flexibility index (Phi) is 4.11. The summed E-state index contributed by atoms with van der Waals surface area (Å²) in [5, 5.41) is 9.26. The largest absolute Gasteiger partial charge is 0.468 e. The summed E-state index contributed by atoms with van der Waals surface area (Å²) >= 11 is 1.65. The molecule has 0 spiro atoms. The molecule has 0 fully saturated rings. The first-order valence-corrected chi connectivity index (χ1v) is 6.41. The van der Waals surface area contributed by atoms with Crippen molar-refractivity contribution < 1.29 is 9.53 Å². The maximum Gasteiger partial charge on any atom is 0.327 e. The normalized spacial score (nSPS) is 12.3. The second-order valence-corrected chi connectivity index (χ2v) is 4.90. The Balaban J connectivity index is 2.08. The van der Waals surface area contributed by atoms with Crippen molar-refractivity contribution in [2.75, 3.05) is 7.11 Å². The van der Waals surface area contributed by atoms with Gasteiger partial charge < -0.3 is 4.74 Å². The van der Waals surface area contributed by atoms with Crippen molar-refractivity contribution in [3.63, 3.8) is 0 Å². The lowest BCUT2D eigenvalue weighted by Crippen LogP contribution is -2.28. The highest BCUT2D eigenvalue weighted by molar-refractivity contribution is 7.09. The molecule has 1 atom stereocenters. The predicted octanol–water partition coefficient (Wildman–Crippen LogP) is 1.49. The van der Waals surface area contributed by atoms with E-state index in [0.29, 0.717) is 6.54 Å². The van der Waals surface area contributed by atoms with E-state index in [-0.39, 0.29) is 5.97 Å². The lowest BCUT2D eigenvalue weighted by Gasteiger charge is -2.14. The maximum atomic E-state index is 11.8. The molecular weight excluding hydrogens is 250 g/mol. The van der Waals surface area contributed by atoms with Gasteiger partial charge in [0, 0.05) is 30.2 Å². The number of nitrogens with zero attached hydrogens (tertiary/aromatic N) is 2. The lowest BCUT2D eigenvalue weighted by molar-refractivity contribution is -0.143. The first-order chi connectivity index (χ1) is 8.70. The number of carbonyl (C=O) groups excluding carboxylic acids is 1. The van der Waals surface area contributed by atoms with Crippen molar-refractivity contribution in [1.29, 1.82) is 0 Å². The minimum absolute atomic E-state index is 0.306. The van der Waals surface area contributed by atoms with Crippen LogP contribution in [0.25, 0.3) is 0 Å². The molecular formula is C12H15N3O2S. The molecule has 0 saturated carbocycles. The van der Waals surface area contributed by atoms with Gasteiger partial charge in [0.1, 0.15) is 6.04 Å². The van der Waals surface area contributed by atoms with E-state index in [1.54, 1.807) is 22.2 Å². The third-order valence-corrected chi connectivity index (χ3v) is 3.43. The van der Waals surface area contributed by atoms with Crippen molar-refractivity contribution >= 4 is 17.3 Å². The topological polar surface area (TPSA) is 56.1 Å². The van der Waals surface area contributed by atoms with Crippen molar-refractivity contribution in [3.05, 3.63) is 40.3 Å². The minimum Gasteiger partial charge on any atom is -0.468 e. The smallest absolute Gasteiger partial charge is 0.327 e. The van der Waals surface area contributed by atoms with Gasteiger partial charge in [-0.15, -0.1) is 11.3 Å². The molecule has 0 aliphatic carbocycles. The molecule has 1 unspecified atom stereocenters. The van der Waals surface area contributed by atoms with E-state index in [1.807, 2.05) is 30.8 Å². The number of hydrogen-bond acceptors (Lipinski definition) is 5. The number of aromatic nitrogens is 2. The Morgan fingerprint density at radius 3 is 3.06 bits per heavy atom. The van der Waals surface area contributed by atoms with Crippen LogP contribution in [0.3, 0.4) is 0 Å². The van der Waals surface area contributed by atoms with Crippen molar-refractivity contribution in [2.45, 2.75) is 12.6 Å². The second kappa shape index (κ2) is 5.79. The van der Waals surface area contributed by atoms with E-state index in [2.05, 4.69) is 10.4 Å². The van der Waals surface area contributed by atoms with E-state index in [9.17, 15) is 4.79 Å². The minimum atomic E-state index is -0.481. The number of rotatable bonds is 5. The fraction of sp³-hybridized carbons (Fsp3) is 0.333. The van der Waals surface area contributed by atoms with Crippen LogP contribution >= 0.6 is 11.3 Å². The van der Waals surface area contributed by atoms with Crippen LogP contribution in [0.1, 0.15) is 16.5 Å². The Morgan fingerprint density at radius 2 is 2.50 bits per heavy atom. The highest BCUT2D eigenvalue weighted by Crippen LogP contribution is 2.16. The molecule has 2 aromatic heterocycles. The lowest BCUT2D eigenvalue weighted by atomic mass is 10.1. The standard InChI is InChI=1S/C12H15N3O2S/c1-15-8-9(6-14-15)11(12(16)17-2)13-7-10-4-3-5-18-10/h3-6,8,11,13H,7H2,1-2H3. The summed E-state index contributed by atoms with van der Waals surface area (Å²) in [4.78, 5) is 12.9. The number of carbonyl (C=O) groups is 1. The summed E-state index contributed by atoms with van der Waals surface area (Å²) in [5.41, 5.74) is 0.806. The molecule has 1 N–H and O–H groups in total. The zero-order valence-electron chi connectivity index (χ0n) is 10.3. The molecule has 18 heavy (non-hydrogen) atoms. The zero-order chi connectivity index (χ0) is 13.0. The Labute approximate surface area is 109 Å². The van der Waals surface area contributed by atoms with E-state index in [4.69, 9.17) is 4.74 Å². The highest BCUT2D eigenvalue weighted by Gasteiger charge is 2.22. The maximum absolute atomic E-state index is 11.8. The van der Waals surface area contributed by atoms with Gasteiger partial charge in [-0.1, -0.05) is 6.07 Å². The van der Waals surface area contributed by atoms with Crippen LogP contribution in [-0.4, -0.2) is 22.9 Å². The third-order valence-electron chi connectivity index (χ3n) is 2.56. The Morgan fingerprint density at radius 1 is 1.67 bits per heavy atom. The van der Waals surface area contributed by atoms with Gasteiger partial charge in [-0.25, -0.2) is 4.79 Å². The number of nitrogens with one attached hydrogen (secondary N) is 1. The van der Waals surface area contributed by atoms with Gasteiger partial charge in [0.25, 0.3) is 0 Å². The van der Waals surface area contributed by atoms with Crippen LogP contribution in [-0.2, 0) is 23.1 Å². The third kappa shape index (κ3) is 2.96. The van der Waals surface area contributed by atoms with Crippen LogP contribution in [0.15, 0.2) is 29.9 Å². The van der Waals surface area contributed by atoms with Gasteiger partial charge in [0.2, 0.25) is 0 Å². The van der Waals surface area contributed by atoms with E-state index in [0.717, 1.165) is 5.56 Å². The van der Waals surface area contributed by atoms with Crippen LogP contribution in [0, 0.1) is 0 Å². The number of aryl methyl sites for hydroxylation is 1. The molecule has 2 aromatic rings. The summed E-state index contributed by atoms with van der Waals surface area (Å²) in [7, 11) is 3.20. The predicted molar refractivity (Wildman–Crippen MR) is 69.1 cm³/mol. The number of methoxy groups -OCH3 is 1. The van der Waals surface area contributed by atoms with Crippen molar-refractivity contribution in [3.8, 4) is 0 Å². The average Bonchev–Trinajstić information content (AvgIpc) is 3.01. The molecule has 0 bridgehead atoms. The van der Waals surface area contributed by atoms with Crippen LogP contribution < -0.4 is 5.32 Å². The van der Waals surface area contributed by atoms with Crippen molar-refractivity contribution in [1.82, 2.24) is 15.1 Å². The molecule has 0 aromatic carbocycles. The number of thiophene rings is 1. The van der Waals surface area contributed by atoms with Crippen molar-refractivity contribution in [2.24, 2.45) is 7.05 Å². The fourth-order valence-electron chi connectivity index (χ4n) is 1.66. The molecule has 2 rings (SSSR count). The summed E-state index contributed by atoms with van der Waals surface area (Å²) in [6, 6.07) is 3.53. The molecule has 5 nitrogen and oxygen atoms in total. The highest BCUT2D eigenvalue weighted by atomic mass is 32.1. The SMILES string of the molecule is COC(=O)C(NCc1cccs1)c1cnn(C)c1. The average molecular weight is 265 g/mol. The molecule has 0 radical (unpaired) electrons. The van der Waals surface area contributed by atoms with Gasteiger partial charge in [-0.3, -0.25) is 10.00 Å². The first-order valence-electron chi connectivity index (χ1n) is 5.53. The van der Waals surface area contributed by atoms with Crippen LogP contribution in [0.2, 0.25) is 0 Å². The summed E-state index contributed by atoms with van der Waals surface area (Å²) < 4.78 is 6.48. The fourth-order valence-corrected chi connectivity index (χ4v) is 2.32.